The number of piperazine rings is 1. The summed E-state index contributed by atoms with van der Waals surface area (Å²) < 4.78 is 1.69. The van der Waals surface area contributed by atoms with Gasteiger partial charge in [-0.1, -0.05) is 17.7 Å². The molecule has 1 aliphatic heterocycles. The number of hydrogen-bond donors (Lipinski definition) is 1. The SMILES string of the molecule is CNC(C(=O)N1CCN(C(=O)c2ccc(C)cc2)CC1)c1cnn(C)c1.Cl. The average Bonchev–Trinajstić information content (AvgIpc) is 3.08. The van der Waals surface area contributed by atoms with Crippen molar-refractivity contribution in [3.8, 4) is 0 Å². The fourth-order valence-corrected chi connectivity index (χ4v) is 3.21. The van der Waals surface area contributed by atoms with Crippen molar-refractivity contribution >= 4 is 24.2 Å². The summed E-state index contributed by atoms with van der Waals surface area (Å²) in [5, 5.41) is 7.21. The molecular formula is C19H26ClN5O2. The molecule has 2 amide bonds. The van der Waals surface area contributed by atoms with Gasteiger partial charge in [-0.05, 0) is 26.1 Å². The van der Waals surface area contributed by atoms with Crippen LogP contribution >= 0.6 is 12.4 Å². The first-order valence-electron chi connectivity index (χ1n) is 8.80. The minimum Gasteiger partial charge on any atom is -0.337 e. The van der Waals surface area contributed by atoms with Crippen LogP contribution in [0.3, 0.4) is 0 Å². The molecule has 27 heavy (non-hydrogen) atoms. The van der Waals surface area contributed by atoms with E-state index < -0.39 is 6.04 Å². The van der Waals surface area contributed by atoms with Gasteiger partial charge in [0.25, 0.3) is 5.91 Å². The largest absolute Gasteiger partial charge is 0.337 e. The fraction of sp³-hybridized carbons (Fsp3) is 0.421. The van der Waals surface area contributed by atoms with Crippen LogP contribution in [0.1, 0.15) is 27.5 Å². The Morgan fingerprint density at radius 2 is 1.67 bits per heavy atom. The average molecular weight is 392 g/mol. The van der Waals surface area contributed by atoms with Crippen molar-refractivity contribution in [2.75, 3.05) is 33.2 Å². The number of nitrogens with one attached hydrogen (secondary N) is 1. The van der Waals surface area contributed by atoms with Crippen molar-refractivity contribution in [3.63, 3.8) is 0 Å². The molecule has 0 spiro atoms. The number of carbonyl (C=O) groups is 2. The van der Waals surface area contributed by atoms with Crippen LogP contribution in [0.4, 0.5) is 0 Å². The van der Waals surface area contributed by atoms with Crippen LogP contribution in [0.25, 0.3) is 0 Å². The van der Waals surface area contributed by atoms with Gasteiger partial charge in [-0.15, -0.1) is 12.4 Å². The Morgan fingerprint density at radius 3 is 2.19 bits per heavy atom. The quantitative estimate of drug-likeness (QED) is 0.855. The van der Waals surface area contributed by atoms with Crippen LogP contribution in [0.2, 0.25) is 0 Å². The number of aryl methyl sites for hydroxylation is 2. The Labute approximate surface area is 165 Å². The van der Waals surface area contributed by atoms with E-state index in [1.54, 1.807) is 17.9 Å². The summed E-state index contributed by atoms with van der Waals surface area (Å²) in [5.41, 5.74) is 2.67. The second kappa shape index (κ2) is 9.01. The summed E-state index contributed by atoms with van der Waals surface area (Å²) in [5.74, 6) is 0.0393. The van der Waals surface area contributed by atoms with Gasteiger partial charge in [0.05, 0.1) is 6.20 Å². The van der Waals surface area contributed by atoms with Crippen LogP contribution in [0, 0.1) is 6.92 Å². The van der Waals surface area contributed by atoms with Crippen LogP contribution in [0.15, 0.2) is 36.7 Å². The minimum absolute atomic E-state index is 0. The zero-order valence-corrected chi connectivity index (χ0v) is 16.7. The van der Waals surface area contributed by atoms with E-state index in [4.69, 9.17) is 0 Å². The summed E-state index contributed by atoms with van der Waals surface area (Å²) in [4.78, 5) is 29.1. The third-order valence-corrected chi connectivity index (χ3v) is 4.77. The Kier molecular flexibility index (Phi) is 6.98. The van der Waals surface area contributed by atoms with Gasteiger partial charge in [-0.3, -0.25) is 14.3 Å². The van der Waals surface area contributed by atoms with E-state index in [1.165, 1.54) is 0 Å². The topological polar surface area (TPSA) is 70.5 Å². The highest BCUT2D eigenvalue weighted by molar-refractivity contribution is 5.94. The summed E-state index contributed by atoms with van der Waals surface area (Å²) in [6, 6.07) is 7.18. The first-order chi connectivity index (χ1) is 12.5. The number of hydrogen-bond acceptors (Lipinski definition) is 4. The molecule has 0 aliphatic carbocycles. The number of aromatic nitrogens is 2. The molecule has 146 valence electrons. The van der Waals surface area contributed by atoms with Crippen LogP contribution < -0.4 is 5.32 Å². The van der Waals surface area contributed by atoms with E-state index >= 15 is 0 Å². The monoisotopic (exact) mass is 391 g/mol. The van der Waals surface area contributed by atoms with Crippen molar-refractivity contribution in [3.05, 3.63) is 53.3 Å². The molecule has 1 aliphatic rings. The fourth-order valence-electron chi connectivity index (χ4n) is 3.21. The Bertz CT molecular complexity index is 782. The molecule has 1 atom stereocenters. The molecule has 3 rings (SSSR count). The lowest BCUT2D eigenvalue weighted by atomic mass is 10.1. The summed E-state index contributed by atoms with van der Waals surface area (Å²) in [7, 11) is 3.60. The van der Waals surface area contributed by atoms with Crippen molar-refractivity contribution < 1.29 is 9.59 Å². The molecule has 2 heterocycles. The van der Waals surface area contributed by atoms with E-state index in [1.807, 2.05) is 54.2 Å². The van der Waals surface area contributed by atoms with E-state index in [0.717, 1.165) is 11.1 Å². The van der Waals surface area contributed by atoms with Gasteiger partial charge in [0.2, 0.25) is 5.91 Å². The van der Waals surface area contributed by atoms with E-state index in [9.17, 15) is 9.59 Å². The van der Waals surface area contributed by atoms with Gasteiger partial charge in [0.1, 0.15) is 6.04 Å². The highest BCUT2D eigenvalue weighted by atomic mass is 35.5. The van der Waals surface area contributed by atoms with Crippen molar-refractivity contribution in [2.45, 2.75) is 13.0 Å². The van der Waals surface area contributed by atoms with Crippen LogP contribution in [-0.4, -0.2) is 64.6 Å². The first-order valence-corrected chi connectivity index (χ1v) is 8.80. The number of amides is 2. The standard InChI is InChI=1S/C19H25N5O2.ClH/c1-14-4-6-15(7-5-14)18(25)23-8-10-24(11-9-23)19(26)17(20-2)16-12-21-22(3)13-16;/h4-7,12-13,17,20H,8-11H2,1-3H3;1H. The molecule has 0 bridgehead atoms. The molecule has 1 unspecified atom stereocenters. The summed E-state index contributed by atoms with van der Waals surface area (Å²) in [6.45, 7) is 4.16. The predicted molar refractivity (Wildman–Crippen MR) is 106 cm³/mol. The third-order valence-electron chi connectivity index (χ3n) is 4.77. The van der Waals surface area contributed by atoms with Crippen LogP contribution in [0.5, 0.6) is 0 Å². The van der Waals surface area contributed by atoms with Gasteiger partial charge in [-0.2, -0.15) is 5.10 Å². The minimum atomic E-state index is -0.414. The molecule has 1 aromatic carbocycles. The highest BCUT2D eigenvalue weighted by Crippen LogP contribution is 2.17. The summed E-state index contributed by atoms with van der Waals surface area (Å²) >= 11 is 0. The Hall–Kier alpha value is -2.38. The Balaban J connectivity index is 0.00000261. The number of benzene rings is 1. The zero-order valence-electron chi connectivity index (χ0n) is 15.9. The van der Waals surface area contributed by atoms with Crippen molar-refractivity contribution in [1.29, 1.82) is 0 Å². The molecule has 7 nitrogen and oxygen atoms in total. The molecule has 1 aromatic heterocycles. The molecule has 2 aromatic rings. The van der Waals surface area contributed by atoms with Gasteiger partial charge in [0, 0.05) is 50.6 Å². The first kappa shape index (κ1) is 20.9. The second-order valence-electron chi connectivity index (χ2n) is 6.65. The highest BCUT2D eigenvalue weighted by Gasteiger charge is 2.30. The van der Waals surface area contributed by atoms with E-state index in [0.29, 0.717) is 31.7 Å². The maximum atomic E-state index is 12.8. The normalized spacial score (nSPS) is 15.2. The second-order valence-corrected chi connectivity index (χ2v) is 6.65. The zero-order chi connectivity index (χ0) is 18.7. The predicted octanol–water partition coefficient (Wildman–Crippen LogP) is 1.40. The number of likely N-dealkylation sites (N-methyl/N-ethyl adjacent to an activating group) is 1. The maximum absolute atomic E-state index is 12.8. The lowest BCUT2D eigenvalue weighted by Crippen LogP contribution is -2.52. The smallest absolute Gasteiger partial charge is 0.253 e. The van der Waals surface area contributed by atoms with Gasteiger partial charge in [-0.25, -0.2) is 0 Å². The van der Waals surface area contributed by atoms with Crippen molar-refractivity contribution in [2.24, 2.45) is 7.05 Å². The molecular weight excluding hydrogens is 366 g/mol. The molecule has 0 saturated carbocycles. The van der Waals surface area contributed by atoms with Gasteiger partial charge in [0.15, 0.2) is 0 Å². The molecule has 1 N–H and O–H groups in total. The number of nitrogens with zero attached hydrogens (tertiary/aromatic N) is 4. The lowest BCUT2D eigenvalue weighted by Gasteiger charge is -2.36. The number of carbonyl (C=O) groups excluding carboxylic acids is 2. The van der Waals surface area contributed by atoms with Crippen molar-refractivity contribution in [1.82, 2.24) is 24.9 Å². The van der Waals surface area contributed by atoms with E-state index in [2.05, 4.69) is 10.4 Å². The van der Waals surface area contributed by atoms with Gasteiger partial charge >= 0.3 is 0 Å². The third kappa shape index (κ3) is 4.67. The van der Waals surface area contributed by atoms with E-state index in [-0.39, 0.29) is 24.2 Å². The molecule has 8 heteroatoms. The Morgan fingerprint density at radius 1 is 1.07 bits per heavy atom. The summed E-state index contributed by atoms with van der Waals surface area (Å²) in [6.07, 6.45) is 3.55. The molecule has 1 saturated heterocycles. The van der Waals surface area contributed by atoms with Gasteiger partial charge < -0.3 is 15.1 Å². The van der Waals surface area contributed by atoms with Crippen LogP contribution in [-0.2, 0) is 11.8 Å². The maximum Gasteiger partial charge on any atom is 0.253 e. The number of rotatable bonds is 4. The molecule has 1 fully saturated rings. The number of halogens is 1. The lowest BCUT2D eigenvalue weighted by molar-refractivity contribution is -0.135. The molecule has 0 radical (unpaired) electrons.